The van der Waals surface area contributed by atoms with E-state index in [1.807, 2.05) is 0 Å². The first-order valence-corrected chi connectivity index (χ1v) is 8.64. The summed E-state index contributed by atoms with van der Waals surface area (Å²) in [7, 11) is 2.24. The van der Waals surface area contributed by atoms with Crippen molar-refractivity contribution in [3.8, 4) is 0 Å². The van der Waals surface area contributed by atoms with E-state index in [-0.39, 0.29) is 0 Å². The van der Waals surface area contributed by atoms with Crippen LogP contribution >= 0.6 is 15.9 Å². The van der Waals surface area contributed by atoms with Gasteiger partial charge in [0.25, 0.3) is 0 Å². The SMILES string of the molecule is CCCCCN(C)CCC(NCC)c1cccc(Br)c1. The van der Waals surface area contributed by atoms with Crippen molar-refractivity contribution < 1.29 is 0 Å². The second-order valence-electron chi connectivity index (χ2n) is 5.46. The summed E-state index contributed by atoms with van der Waals surface area (Å²) in [6.07, 6.45) is 5.11. The molecule has 114 valence electrons. The average Bonchev–Trinajstić information content (AvgIpc) is 2.43. The number of halogens is 1. The van der Waals surface area contributed by atoms with Gasteiger partial charge in [0.1, 0.15) is 0 Å². The molecule has 0 amide bonds. The van der Waals surface area contributed by atoms with Gasteiger partial charge in [0, 0.05) is 10.5 Å². The predicted molar refractivity (Wildman–Crippen MR) is 92.2 cm³/mol. The number of unbranched alkanes of at least 4 members (excludes halogenated alkanes) is 2. The van der Waals surface area contributed by atoms with Crippen molar-refractivity contribution in [1.82, 2.24) is 10.2 Å². The topological polar surface area (TPSA) is 15.3 Å². The molecule has 2 nitrogen and oxygen atoms in total. The van der Waals surface area contributed by atoms with E-state index >= 15 is 0 Å². The predicted octanol–water partition coefficient (Wildman–Crippen LogP) is 4.61. The molecule has 0 saturated heterocycles. The number of hydrogen-bond acceptors (Lipinski definition) is 2. The Bertz CT molecular complexity index is 368. The lowest BCUT2D eigenvalue weighted by Gasteiger charge is -2.23. The summed E-state index contributed by atoms with van der Waals surface area (Å²) < 4.78 is 1.16. The van der Waals surface area contributed by atoms with Crippen LogP contribution in [0.4, 0.5) is 0 Å². The lowest BCUT2D eigenvalue weighted by Crippen LogP contribution is -2.28. The molecule has 20 heavy (non-hydrogen) atoms. The molecular formula is C17H29BrN2. The van der Waals surface area contributed by atoms with E-state index in [0.717, 1.165) is 24.0 Å². The van der Waals surface area contributed by atoms with Crippen molar-refractivity contribution in [3.05, 3.63) is 34.3 Å². The van der Waals surface area contributed by atoms with Crippen LogP contribution < -0.4 is 5.32 Å². The second kappa shape index (κ2) is 10.4. The van der Waals surface area contributed by atoms with Crippen molar-refractivity contribution in [2.75, 3.05) is 26.7 Å². The van der Waals surface area contributed by atoms with E-state index in [9.17, 15) is 0 Å². The molecular weight excluding hydrogens is 312 g/mol. The van der Waals surface area contributed by atoms with E-state index in [1.54, 1.807) is 0 Å². The summed E-state index contributed by atoms with van der Waals surface area (Å²) in [4.78, 5) is 2.46. The minimum absolute atomic E-state index is 0.450. The summed E-state index contributed by atoms with van der Waals surface area (Å²) >= 11 is 3.57. The van der Waals surface area contributed by atoms with Crippen LogP contribution in [0.1, 0.15) is 51.1 Å². The average molecular weight is 341 g/mol. The van der Waals surface area contributed by atoms with Crippen molar-refractivity contribution >= 4 is 15.9 Å². The van der Waals surface area contributed by atoms with Gasteiger partial charge in [-0.3, -0.25) is 0 Å². The molecule has 1 aromatic rings. The summed E-state index contributed by atoms with van der Waals surface area (Å²) in [6.45, 7) is 7.81. The van der Waals surface area contributed by atoms with Crippen LogP contribution in [-0.2, 0) is 0 Å². The standard InChI is InChI=1S/C17H29BrN2/c1-4-6-7-12-20(3)13-11-17(19-5-2)15-9-8-10-16(18)14-15/h8-10,14,17,19H,4-7,11-13H2,1-3H3. The zero-order valence-corrected chi connectivity index (χ0v) is 14.7. The number of nitrogens with one attached hydrogen (secondary N) is 1. The van der Waals surface area contributed by atoms with E-state index in [2.05, 4.69) is 71.3 Å². The monoisotopic (exact) mass is 340 g/mol. The van der Waals surface area contributed by atoms with Crippen LogP contribution in [0.15, 0.2) is 28.7 Å². The van der Waals surface area contributed by atoms with Gasteiger partial charge < -0.3 is 10.2 Å². The maximum absolute atomic E-state index is 3.60. The Morgan fingerprint density at radius 1 is 1.20 bits per heavy atom. The molecule has 0 bridgehead atoms. The molecule has 0 spiro atoms. The molecule has 0 aromatic heterocycles. The first-order chi connectivity index (χ1) is 9.67. The van der Waals surface area contributed by atoms with Crippen LogP contribution in [0.2, 0.25) is 0 Å². The third-order valence-corrected chi connectivity index (χ3v) is 4.14. The minimum atomic E-state index is 0.450. The number of hydrogen-bond donors (Lipinski definition) is 1. The molecule has 0 saturated carbocycles. The Morgan fingerprint density at radius 2 is 2.00 bits per heavy atom. The highest BCUT2D eigenvalue weighted by Gasteiger charge is 2.11. The highest BCUT2D eigenvalue weighted by atomic mass is 79.9. The summed E-state index contributed by atoms with van der Waals surface area (Å²) in [5.74, 6) is 0. The van der Waals surface area contributed by atoms with Crippen molar-refractivity contribution in [2.45, 2.75) is 45.6 Å². The van der Waals surface area contributed by atoms with E-state index in [4.69, 9.17) is 0 Å². The Kier molecular flexibility index (Phi) is 9.16. The zero-order chi connectivity index (χ0) is 14.8. The van der Waals surface area contributed by atoms with Crippen LogP contribution in [0.25, 0.3) is 0 Å². The molecule has 3 heteroatoms. The summed E-state index contributed by atoms with van der Waals surface area (Å²) in [5, 5.41) is 3.60. The fourth-order valence-corrected chi connectivity index (χ4v) is 2.87. The highest BCUT2D eigenvalue weighted by molar-refractivity contribution is 9.10. The van der Waals surface area contributed by atoms with Crippen LogP contribution in [0.3, 0.4) is 0 Å². The van der Waals surface area contributed by atoms with Gasteiger partial charge in [0.05, 0.1) is 0 Å². The third-order valence-electron chi connectivity index (χ3n) is 3.64. The molecule has 1 aromatic carbocycles. The molecule has 1 rings (SSSR count). The Labute approximate surface area is 133 Å². The first-order valence-electron chi connectivity index (χ1n) is 7.84. The van der Waals surface area contributed by atoms with E-state index in [1.165, 1.54) is 31.4 Å². The smallest absolute Gasteiger partial charge is 0.0332 e. The van der Waals surface area contributed by atoms with Crippen molar-refractivity contribution in [3.63, 3.8) is 0 Å². The largest absolute Gasteiger partial charge is 0.310 e. The van der Waals surface area contributed by atoms with Gasteiger partial charge in [-0.2, -0.15) is 0 Å². The maximum Gasteiger partial charge on any atom is 0.0332 e. The Balaban J connectivity index is 2.46. The molecule has 1 atom stereocenters. The van der Waals surface area contributed by atoms with Crippen LogP contribution in [-0.4, -0.2) is 31.6 Å². The summed E-state index contributed by atoms with van der Waals surface area (Å²) in [5.41, 5.74) is 1.38. The Morgan fingerprint density at radius 3 is 2.65 bits per heavy atom. The number of nitrogens with zero attached hydrogens (tertiary/aromatic N) is 1. The first kappa shape index (κ1) is 17.7. The van der Waals surface area contributed by atoms with Gasteiger partial charge in [0.15, 0.2) is 0 Å². The van der Waals surface area contributed by atoms with Crippen molar-refractivity contribution in [2.24, 2.45) is 0 Å². The van der Waals surface area contributed by atoms with Crippen LogP contribution in [0, 0.1) is 0 Å². The zero-order valence-electron chi connectivity index (χ0n) is 13.2. The van der Waals surface area contributed by atoms with Gasteiger partial charge in [-0.1, -0.05) is 54.8 Å². The molecule has 0 radical (unpaired) electrons. The minimum Gasteiger partial charge on any atom is -0.310 e. The fourth-order valence-electron chi connectivity index (χ4n) is 2.45. The third kappa shape index (κ3) is 6.87. The van der Waals surface area contributed by atoms with Gasteiger partial charge in [0.2, 0.25) is 0 Å². The van der Waals surface area contributed by atoms with Gasteiger partial charge >= 0.3 is 0 Å². The molecule has 0 aliphatic heterocycles. The van der Waals surface area contributed by atoms with E-state index in [0.29, 0.717) is 6.04 Å². The lowest BCUT2D eigenvalue weighted by atomic mass is 10.0. The normalized spacial score (nSPS) is 12.8. The second-order valence-corrected chi connectivity index (χ2v) is 6.38. The van der Waals surface area contributed by atoms with Crippen molar-refractivity contribution in [1.29, 1.82) is 0 Å². The van der Waals surface area contributed by atoms with Gasteiger partial charge in [-0.15, -0.1) is 0 Å². The lowest BCUT2D eigenvalue weighted by molar-refractivity contribution is 0.301. The summed E-state index contributed by atoms with van der Waals surface area (Å²) in [6, 6.07) is 9.10. The molecule has 1 N–H and O–H groups in total. The molecule has 0 aliphatic rings. The number of benzene rings is 1. The van der Waals surface area contributed by atoms with E-state index < -0.39 is 0 Å². The quantitative estimate of drug-likeness (QED) is 0.625. The molecule has 1 unspecified atom stereocenters. The molecule has 0 fully saturated rings. The highest BCUT2D eigenvalue weighted by Crippen LogP contribution is 2.21. The number of rotatable bonds is 10. The Hall–Kier alpha value is -0.380. The molecule has 0 aliphatic carbocycles. The van der Waals surface area contributed by atoms with Crippen LogP contribution in [0.5, 0.6) is 0 Å². The fraction of sp³-hybridized carbons (Fsp3) is 0.647. The van der Waals surface area contributed by atoms with Gasteiger partial charge in [-0.25, -0.2) is 0 Å². The van der Waals surface area contributed by atoms with Gasteiger partial charge in [-0.05, 0) is 57.2 Å². The maximum atomic E-state index is 3.60. The molecule has 0 heterocycles.